The van der Waals surface area contributed by atoms with Crippen LogP contribution < -0.4 is 9.80 Å². The summed E-state index contributed by atoms with van der Waals surface area (Å²) in [7, 11) is 1.65. The summed E-state index contributed by atoms with van der Waals surface area (Å²) in [6.07, 6.45) is 0. The van der Waals surface area contributed by atoms with E-state index in [1.807, 2.05) is 18.2 Å². The van der Waals surface area contributed by atoms with Gasteiger partial charge in [0.25, 0.3) is 0 Å². The Labute approximate surface area is 143 Å². The van der Waals surface area contributed by atoms with Gasteiger partial charge < -0.3 is 14.5 Å². The fourth-order valence-corrected chi connectivity index (χ4v) is 3.42. The van der Waals surface area contributed by atoms with Gasteiger partial charge >= 0.3 is 0 Å². The van der Waals surface area contributed by atoms with Crippen LogP contribution in [0.4, 0.5) is 10.8 Å². The Balaban J connectivity index is 1.62. The number of hydrogen-bond acceptors (Lipinski definition) is 6. The second-order valence-electron chi connectivity index (χ2n) is 5.00. The number of rotatable bonds is 4. The molecule has 1 aromatic heterocycles. The van der Waals surface area contributed by atoms with Crippen molar-refractivity contribution in [3.05, 3.63) is 34.1 Å². The SMILES string of the molecule is COCc1nsc(N2CCN(c3ccc(Cl)c(Cl)c3)CC2)n1. The maximum absolute atomic E-state index is 6.09. The zero-order valence-corrected chi connectivity index (χ0v) is 14.5. The first-order chi connectivity index (χ1) is 10.7. The maximum atomic E-state index is 6.09. The van der Waals surface area contributed by atoms with Gasteiger partial charge in [0.1, 0.15) is 6.61 Å². The highest BCUT2D eigenvalue weighted by molar-refractivity contribution is 7.09. The highest BCUT2D eigenvalue weighted by Crippen LogP contribution is 2.28. The fraction of sp³-hybridized carbons (Fsp3) is 0.429. The van der Waals surface area contributed by atoms with Crippen LogP contribution in [0.3, 0.4) is 0 Å². The smallest absolute Gasteiger partial charge is 0.205 e. The van der Waals surface area contributed by atoms with Crippen LogP contribution in [-0.2, 0) is 11.3 Å². The normalized spacial score (nSPS) is 15.4. The van der Waals surface area contributed by atoms with Crippen LogP contribution >= 0.6 is 34.7 Å². The highest BCUT2D eigenvalue weighted by atomic mass is 35.5. The van der Waals surface area contributed by atoms with Crippen molar-refractivity contribution in [1.29, 1.82) is 0 Å². The molecule has 1 saturated heterocycles. The summed E-state index contributed by atoms with van der Waals surface area (Å²) in [4.78, 5) is 9.05. The Bertz CT molecular complexity index is 644. The van der Waals surface area contributed by atoms with Crippen LogP contribution in [0, 0.1) is 0 Å². The lowest BCUT2D eigenvalue weighted by atomic mass is 10.2. The first kappa shape index (κ1) is 15.8. The number of piperazine rings is 1. The predicted molar refractivity (Wildman–Crippen MR) is 91.5 cm³/mol. The summed E-state index contributed by atoms with van der Waals surface area (Å²) in [5.74, 6) is 0.745. The van der Waals surface area contributed by atoms with E-state index in [2.05, 4.69) is 19.2 Å². The lowest BCUT2D eigenvalue weighted by molar-refractivity contribution is 0.179. The van der Waals surface area contributed by atoms with Crippen LogP contribution in [0.2, 0.25) is 10.0 Å². The van der Waals surface area contributed by atoms with E-state index < -0.39 is 0 Å². The number of ether oxygens (including phenoxy) is 1. The molecule has 0 N–H and O–H groups in total. The van der Waals surface area contributed by atoms with Crippen LogP contribution in [0.15, 0.2) is 18.2 Å². The van der Waals surface area contributed by atoms with Crippen molar-refractivity contribution in [3.8, 4) is 0 Å². The average molecular weight is 359 g/mol. The molecule has 0 bridgehead atoms. The molecule has 1 aliphatic rings. The molecule has 8 heteroatoms. The molecule has 0 spiro atoms. The summed E-state index contributed by atoms with van der Waals surface area (Å²) in [6.45, 7) is 4.10. The predicted octanol–water partition coefficient (Wildman–Crippen LogP) is 3.32. The van der Waals surface area contributed by atoms with E-state index in [1.165, 1.54) is 11.5 Å². The van der Waals surface area contributed by atoms with E-state index in [-0.39, 0.29) is 0 Å². The number of methoxy groups -OCH3 is 1. The zero-order valence-electron chi connectivity index (χ0n) is 12.1. The van der Waals surface area contributed by atoms with Crippen molar-refractivity contribution in [2.75, 3.05) is 43.1 Å². The lowest BCUT2D eigenvalue weighted by Gasteiger charge is -2.35. The van der Waals surface area contributed by atoms with Crippen molar-refractivity contribution < 1.29 is 4.74 Å². The molecule has 3 rings (SSSR count). The van der Waals surface area contributed by atoms with E-state index in [1.54, 1.807) is 7.11 Å². The molecule has 5 nitrogen and oxygen atoms in total. The summed E-state index contributed by atoms with van der Waals surface area (Å²) in [5, 5.41) is 2.14. The molecule has 0 amide bonds. The third kappa shape index (κ3) is 3.46. The van der Waals surface area contributed by atoms with Gasteiger partial charge in [-0.05, 0) is 18.2 Å². The third-order valence-corrected chi connectivity index (χ3v) is 5.10. The number of anilines is 2. The van der Waals surface area contributed by atoms with E-state index >= 15 is 0 Å². The van der Waals surface area contributed by atoms with Crippen LogP contribution in [0.25, 0.3) is 0 Å². The molecule has 0 radical (unpaired) electrons. The minimum Gasteiger partial charge on any atom is -0.377 e. The van der Waals surface area contributed by atoms with Crippen LogP contribution in [0.5, 0.6) is 0 Å². The molecule has 1 fully saturated rings. The molecule has 1 aliphatic heterocycles. The van der Waals surface area contributed by atoms with Gasteiger partial charge in [-0.3, -0.25) is 0 Å². The Kier molecular flexibility index (Phi) is 5.03. The van der Waals surface area contributed by atoms with Gasteiger partial charge in [0.15, 0.2) is 5.82 Å². The zero-order chi connectivity index (χ0) is 15.5. The average Bonchev–Trinajstić information content (AvgIpc) is 2.99. The van der Waals surface area contributed by atoms with Gasteiger partial charge in [-0.1, -0.05) is 23.2 Å². The number of aromatic nitrogens is 2. The Morgan fingerprint density at radius 1 is 1.14 bits per heavy atom. The summed E-state index contributed by atoms with van der Waals surface area (Å²) < 4.78 is 9.35. The molecule has 22 heavy (non-hydrogen) atoms. The van der Waals surface area contributed by atoms with Crippen molar-refractivity contribution in [1.82, 2.24) is 9.36 Å². The molecule has 0 unspecified atom stereocenters. The number of halogens is 2. The minimum atomic E-state index is 0.458. The van der Waals surface area contributed by atoms with Gasteiger partial charge in [0, 0.05) is 50.5 Å². The van der Waals surface area contributed by atoms with Gasteiger partial charge in [0.05, 0.1) is 10.0 Å². The van der Waals surface area contributed by atoms with E-state index in [0.29, 0.717) is 16.7 Å². The molecular formula is C14H16Cl2N4OS. The Morgan fingerprint density at radius 3 is 2.55 bits per heavy atom. The van der Waals surface area contributed by atoms with Crippen molar-refractivity contribution in [2.45, 2.75) is 6.61 Å². The fourth-order valence-electron chi connectivity index (χ4n) is 2.40. The maximum Gasteiger partial charge on any atom is 0.205 e. The lowest BCUT2D eigenvalue weighted by Crippen LogP contribution is -2.46. The standard InChI is InChI=1S/C14H16Cl2N4OS/c1-21-9-13-17-14(22-18-13)20-6-4-19(5-7-20)10-2-3-11(15)12(16)8-10/h2-3,8H,4-7,9H2,1H3. The topological polar surface area (TPSA) is 41.5 Å². The van der Waals surface area contributed by atoms with Crippen LogP contribution in [-0.4, -0.2) is 42.6 Å². The number of hydrogen-bond donors (Lipinski definition) is 0. The molecule has 0 aliphatic carbocycles. The van der Waals surface area contributed by atoms with Crippen molar-refractivity contribution >= 4 is 45.6 Å². The largest absolute Gasteiger partial charge is 0.377 e. The van der Waals surface area contributed by atoms with Gasteiger partial charge in [-0.2, -0.15) is 4.37 Å². The quantitative estimate of drug-likeness (QED) is 0.838. The van der Waals surface area contributed by atoms with Gasteiger partial charge in [0.2, 0.25) is 5.13 Å². The molecule has 2 aromatic rings. The number of benzene rings is 1. The highest BCUT2D eigenvalue weighted by Gasteiger charge is 2.20. The van der Waals surface area contributed by atoms with Gasteiger partial charge in [-0.25, -0.2) is 4.98 Å². The minimum absolute atomic E-state index is 0.458. The van der Waals surface area contributed by atoms with E-state index in [0.717, 1.165) is 42.8 Å². The van der Waals surface area contributed by atoms with Crippen LogP contribution in [0.1, 0.15) is 5.82 Å². The molecule has 118 valence electrons. The monoisotopic (exact) mass is 358 g/mol. The Hall–Kier alpha value is -1.08. The first-order valence-electron chi connectivity index (χ1n) is 6.94. The third-order valence-electron chi connectivity index (χ3n) is 3.55. The molecule has 0 saturated carbocycles. The number of nitrogens with zero attached hydrogens (tertiary/aromatic N) is 4. The van der Waals surface area contributed by atoms with E-state index in [9.17, 15) is 0 Å². The van der Waals surface area contributed by atoms with Gasteiger partial charge in [-0.15, -0.1) is 0 Å². The summed E-state index contributed by atoms with van der Waals surface area (Å²) in [6, 6.07) is 5.76. The molecule has 2 heterocycles. The van der Waals surface area contributed by atoms with Crippen molar-refractivity contribution in [3.63, 3.8) is 0 Å². The van der Waals surface area contributed by atoms with Crippen molar-refractivity contribution in [2.24, 2.45) is 0 Å². The molecule has 0 atom stereocenters. The Morgan fingerprint density at radius 2 is 1.86 bits per heavy atom. The summed E-state index contributed by atoms with van der Waals surface area (Å²) in [5.41, 5.74) is 1.10. The second kappa shape index (κ2) is 7.00. The van der Waals surface area contributed by atoms with E-state index in [4.69, 9.17) is 27.9 Å². The first-order valence-corrected chi connectivity index (χ1v) is 8.47. The second-order valence-corrected chi connectivity index (χ2v) is 6.54. The molecular weight excluding hydrogens is 343 g/mol. The molecule has 1 aromatic carbocycles. The summed E-state index contributed by atoms with van der Waals surface area (Å²) >= 11 is 13.5.